The van der Waals surface area contributed by atoms with Gasteiger partial charge in [-0.1, -0.05) is 11.1 Å². The maximum Gasteiger partial charge on any atom is 0.307 e. The van der Waals surface area contributed by atoms with Gasteiger partial charge in [-0.2, -0.15) is 0 Å². The van der Waals surface area contributed by atoms with Crippen LogP contribution in [0.25, 0.3) is 0 Å². The Balaban J connectivity index is 2.21. The van der Waals surface area contributed by atoms with E-state index in [1.807, 2.05) is 13.8 Å². The van der Waals surface area contributed by atoms with Crippen molar-refractivity contribution in [2.75, 3.05) is 5.32 Å². The van der Waals surface area contributed by atoms with Gasteiger partial charge >= 0.3 is 5.97 Å². The Hall–Kier alpha value is -2.24. The lowest BCUT2D eigenvalue weighted by Crippen LogP contribution is -2.36. The Kier molecular flexibility index (Phi) is 4.59. The van der Waals surface area contributed by atoms with Crippen molar-refractivity contribution in [2.24, 2.45) is 11.8 Å². The molecule has 0 saturated heterocycles. The van der Waals surface area contributed by atoms with Crippen LogP contribution in [0.5, 0.6) is 0 Å². The van der Waals surface area contributed by atoms with E-state index >= 15 is 0 Å². The second-order valence-electron chi connectivity index (χ2n) is 5.63. The van der Waals surface area contributed by atoms with Crippen LogP contribution in [0.3, 0.4) is 0 Å². The van der Waals surface area contributed by atoms with E-state index in [1.54, 1.807) is 0 Å². The number of rotatable bonds is 3. The molecule has 1 aromatic carbocycles. The number of amides is 1. The van der Waals surface area contributed by atoms with E-state index in [4.69, 9.17) is 0 Å². The molecule has 1 aromatic rings. The molecule has 118 valence electrons. The van der Waals surface area contributed by atoms with Gasteiger partial charge in [-0.3, -0.25) is 9.59 Å². The minimum absolute atomic E-state index is 0.153. The van der Waals surface area contributed by atoms with Crippen LogP contribution < -0.4 is 5.32 Å². The molecule has 0 aromatic heterocycles. The van der Waals surface area contributed by atoms with Crippen molar-refractivity contribution in [2.45, 2.75) is 26.7 Å². The molecular weight excluding hydrogens is 292 g/mol. The lowest BCUT2D eigenvalue weighted by atomic mass is 9.76. The highest BCUT2D eigenvalue weighted by atomic mass is 19.1. The summed E-state index contributed by atoms with van der Waals surface area (Å²) >= 11 is 0. The zero-order chi connectivity index (χ0) is 16.4. The number of aliphatic carboxylic acids is 1. The predicted octanol–water partition coefficient (Wildman–Crippen LogP) is 3.35. The molecule has 0 unspecified atom stereocenters. The van der Waals surface area contributed by atoms with Gasteiger partial charge in [-0.15, -0.1) is 0 Å². The van der Waals surface area contributed by atoms with Crippen LogP contribution in [0.2, 0.25) is 0 Å². The molecule has 2 rings (SSSR count). The first-order valence-electron chi connectivity index (χ1n) is 6.93. The Morgan fingerprint density at radius 2 is 1.73 bits per heavy atom. The SMILES string of the molecule is CC1=C(C)C[C@@H](C(=O)O)[C@@H](C(=O)Nc2ccc(F)cc2F)C1. The third kappa shape index (κ3) is 3.32. The van der Waals surface area contributed by atoms with Gasteiger partial charge in [0.05, 0.1) is 17.5 Å². The summed E-state index contributed by atoms with van der Waals surface area (Å²) in [5, 5.41) is 11.7. The Morgan fingerprint density at radius 1 is 1.14 bits per heavy atom. The molecule has 0 aliphatic heterocycles. The van der Waals surface area contributed by atoms with E-state index in [0.717, 1.165) is 23.3 Å². The van der Waals surface area contributed by atoms with Gasteiger partial charge in [0, 0.05) is 6.07 Å². The van der Waals surface area contributed by atoms with Crippen LogP contribution >= 0.6 is 0 Å². The molecule has 22 heavy (non-hydrogen) atoms. The average molecular weight is 309 g/mol. The molecule has 2 atom stereocenters. The number of allylic oxidation sites excluding steroid dienone is 2. The van der Waals surface area contributed by atoms with Gasteiger partial charge in [0.25, 0.3) is 0 Å². The molecule has 0 spiro atoms. The summed E-state index contributed by atoms with van der Waals surface area (Å²) < 4.78 is 26.5. The molecule has 6 heteroatoms. The second kappa shape index (κ2) is 6.25. The third-order valence-electron chi connectivity index (χ3n) is 4.11. The summed E-state index contributed by atoms with van der Waals surface area (Å²) in [6, 6.07) is 2.82. The Bertz CT molecular complexity index is 655. The fourth-order valence-electron chi connectivity index (χ4n) is 2.64. The molecular formula is C16H17F2NO3. The predicted molar refractivity (Wildman–Crippen MR) is 77.2 cm³/mol. The summed E-state index contributed by atoms with van der Waals surface area (Å²) in [5.74, 6) is -4.86. The van der Waals surface area contributed by atoms with Crippen LogP contribution in [-0.2, 0) is 9.59 Å². The van der Waals surface area contributed by atoms with Crippen molar-refractivity contribution in [3.63, 3.8) is 0 Å². The number of hydrogen-bond donors (Lipinski definition) is 2. The lowest BCUT2D eigenvalue weighted by molar-refractivity contribution is -0.146. The smallest absolute Gasteiger partial charge is 0.307 e. The number of carboxylic acid groups (broad SMARTS) is 1. The molecule has 1 amide bonds. The van der Waals surface area contributed by atoms with Crippen LogP contribution in [0.1, 0.15) is 26.7 Å². The molecule has 1 aliphatic rings. The van der Waals surface area contributed by atoms with E-state index in [-0.39, 0.29) is 5.69 Å². The van der Waals surface area contributed by atoms with Crippen molar-refractivity contribution in [1.82, 2.24) is 0 Å². The molecule has 0 radical (unpaired) electrons. The normalized spacial score (nSPS) is 21.6. The molecule has 0 heterocycles. The highest BCUT2D eigenvalue weighted by Gasteiger charge is 2.37. The number of carbonyl (C=O) groups excluding carboxylic acids is 1. The first-order chi connectivity index (χ1) is 10.3. The maximum atomic E-state index is 13.6. The Labute approximate surface area is 126 Å². The molecule has 4 nitrogen and oxygen atoms in total. The first-order valence-corrected chi connectivity index (χ1v) is 6.93. The van der Waals surface area contributed by atoms with Gasteiger partial charge in [0.2, 0.25) is 5.91 Å². The number of nitrogens with one attached hydrogen (secondary N) is 1. The van der Waals surface area contributed by atoms with Crippen molar-refractivity contribution >= 4 is 17.6 Å². The number of carbonyl (C=O) groups is 2. The van der Waals surface area contributed by atoms with Crippen molar-refractivity contribution in [3.05, 3.63) is 41.0 Å². The van der Waals surface area contributed by atoms with Gasteiger partial charge in [-0.25, -0.2) is 8.78 Å². The lowest BCUT2D eigenvalue weighted by Gasteiger charge is -2.29. The number of hydrogen-bond acceptors (Lipinski definition) is 2. The fourth-order valence-corrected chi connectivity index (χ4v) is 2.64. The van der Waals surface area contributed by atoms with Crippen LogP contribution in [-0.4, -0.2) is 17.0 Å². The summed E-state index contributed by atoms with van der Waals surface area (Å²) in [6.07, 6.45) is 0.614. The van der Waals surface area contributed by atoms with Crippen LogP contribution in [0.15, 0.2) is 29.3 Å². The van der Waals surface area contributed by atoms with E-state index in [0.29, 0.717) is 18.9 Å². The van der Waals surface area contributed by atoms with Crippen molar-refractivity contribution < 1.29 is 23.5 Å². The summed E-state index contributed by atoms with van der Waals surface area (Å²) in [4.78, 5) is 23.7. The molecule has 1 aliphatic carbocycles. The number of benzene rings is 1. The monoisotopic (exact) mass is 309 g/mol. The highest BCUT2D eigenvalue weighted by molar-refractivity contribution is 5.95. The molecule has 2 N–H and O–H groups in total. The van der Waals surface area contributed by atoms with Gasteiger partial charge in [0.1, 0.15) is 11.6 Å². The minimum atomic E-state index is -1.05. The van der Waals surface area contributed by atoms with E-state index in [9.17, 15) is 23.5 Å². The van der Waals surface area contributed by atoms with E-state index in [2.05, 4.69) is 5.32 Å². The van der Waals surface area contributed by atoms with E-state index < -0.39 is 35.3 Å². The van der Waals surface area contributed by atoms with Crippen molar-refractivity contribution in [1.29, 1.82) is 0 Å². The van der Waals surface area contributed by atoms with Crippen LogP contribution in [0, 0.1) is 23.5 Å². The first kappa shape index (κ1) is 16.1. The highest BCUT2D eigenvalue weighted by Crippen LogP contribution is 2.35. The van der Waals surface area contributed by atoms with Gasteiger partial charge in [-0.05, 0) is 38.8 Å². The minimum Gasteiger partial charge on any atom is -0.481 e. The van der Waals surface area contributed by atoms with Crippen molar-refractivity contribution in [3.8, 4) is 0 Å². The largest absolute Gasteiger partial charge is 0.481 e. The zero-order valence-corrected chi connectivity index (χ0v) is 12.3. The zero-order valence-electron chi connectivity index (χ0n) is 12.3. The second-order valence-corrected chi connectivity index (χ2v) is 5.63. The van der Waals surface area contributed by atoms with Gasteiger partial charge < -0.3 is 10.4 Å². The number of carboxylic acids is 1. The average Bonchev–Trinajstić information content (AvgIpc) is 2.44. The topological polar surface area (TPSA) is 66.4 Å². The van der Waals surface area contributed by atoms with Crippen LogP contribution in [0.4, 0.5) is 14.5 Å². The number of halogens is 2. The molecule has 0 bridgehead atoms. The summed E-state index contributed by atoms with van der Waals surface area (Å²) in [7, 11) is 0. The molecule has 0 saturated carbocycles. The summed E-state index contributed by atoms with van der Waals surface area (Å²) in [6.45, 7) is 3.70. The quantitative estimate of drug-likeness (QED) is 0.841. The maximum absolute atomic E-state index is 13.6. The Morgan fingerprint density at radius 3 is 2.27 bits per heavy atom. The molecule has 0 fully saturated rings. The number of anilines is 1. The standard InChI is InChI=1S/C16H17F2NO3/c1-8-5-11(12(16(21)22)6-9(8)2)15(20)19-14-4-3-10(17)7-13(14)18/h3-4,7,11-12H,5-6H2,1-2H3,(H,19,20)(H,21,22)/t11-,12+/m0/s1. The fraction of sp³-hybridized carbons (Fsp3) is 0.375. The van der Waals surface area contributed by atoms with Gasteiger partial charge in [0.15, 0.2) is 0 Å². The summed E-state index contributed by atoms with van der Waals surface area (Å²) in [5.41, 5.74) is 1.78. The van der Waals surface area contributed by atoms with E-state index in [1.165, 1.54) is 0 Å². The third-order valence-corrected chi connectivity index (χ3v) is 4.11.